The lowest BCUT2D eigenvalue weighted by atomic mass is 9.72. The number of carboxylic acid groups (broad SMARTS) is 1. The van der Waals surface area contributed by atoms with Crippen molar-refractivity contribution in [3.8, 4) is 0 Å². The van der Waals surface area contributed by atoms with E-state index < -0.39 is 5.97 Å². The van der Waals surface area contributed by atoms with Gasteiger partial charge in [0.2, 0.25) is 0 Å². The molecular formula is C34H52N2O3. The van der Waals surface area contributed by atoms with Crippen molar-refractivity contribution >= 4 is 11.9 Å². The van der Waals surface area contributed by atoms with Crippen molar-refractivity contribution in [3.63, 3.8) is 0 Å². The van der Waals surface area contributed by atoms with Gasteiger partial charge in [-0.2, -0.15) is 0 Å². The maximum absolute atomic E-state index is 13.1. The molecule has 1 aromatic rings. The molecule has 1 heterocycles. The van der Waals surface area contributed by atoms with Crippen molar-refractivity contribution in [2.24, 2.45) is 17.8 Å². The molecule has 1 aliphatic heterocycles. The van der Waals surface area contributed by atoms with E-state index in [-0.39, 0.29) is 18.2 Å². The predicted octanol–water partition coefficient (Wildman–Crippen LogP) is 7.50. The van der Waals surface area contributed by atoms with Crippen LogP contribution in [-0.2, 0) is 4.79 Å². The minimum Gasteiger partial charge on any atom is -0.481 e. The average molecular weight is 537 g/mol. The topological polar surface area (TPSA) is 60.9 Å². The van der Waals surface area contributed by atoms with Gasteiger partial charge in [0.15, 0.2) is 0 Å². The van der Waals surface area contributed by atoms with Crippen LogP contribution in [0.3, 0.4) is 0 Å². The lowest BCUT2D eigenvalue weighted by molar-refractivity contribution is -0.138. The van der Waals surface area contributed by atoms with E-state index in [4.69, 9.17) is 0 Å². The third kappa shape index (κ3) is 7.86. The standard InChI is InChI=1S/C34H52N2O3/c37-33(38)23-28-14-19-32(36(24-26-10-4-1-5-11-26)25-27-12-6-2-7-13-27)31(22-28)29-15-17-30(18-16-29)34(39)35-20-8-3-9-21-35/h15-18,26-28,31-32H,1-14,19-25H2,(H,37,38). The second-order valence-electron chi connectivity index (χ2n) is 13.4. The molecular weight excluding hydrogens is 484 g/mol. The number of carbonyl (C=O) groups excluding carboxylic acids is 1. The van der Waals surface area contributed by atoms with Gasteiger partial charge < -0.3 is 10.0 Å². The van der Waals surface area contributed by atoms with Gasteiger partial charge in [0.05, 0.1) is 0 Å². The van der Waals surface area contributed by atoms with E-state index >= 15 is 0 Å². The first-order chi connectivity index (χ1) is 19.1. The fraction of sp³-hybridized carbons (Fsp3) is 0.765. The highest BCUT2D eigenvalue weighted by Crippen LogP contribution is 2.42. The quantitative estimate of drug-likeness (QED) is 0.355. The van der Waals surface area contributed by atoms with Crippen molar-refractivity contribution in [2.45, 2.75) is 121 Å². The van der Waals surface area contributed by atoms with Crippen molar-refractivity contribution in [1.29, 1.82) is 0 Å². The van der Waals surface area contributed by atoms with Gasteiger partial charge >= 0.3 is 5.97 Å². The van der Waals surface area contributed by atoms with Crippen LogP contribution in [0.5, 0.6) is 0 Å². The highest BCUT2D eigenvalue weighted by atomic mass is 16.4. The molecule has 3 saturated carbocycles. The Morgan fingerprint density at radius 1 is 0.718 bits per heavy atom. The number of carboxylic acids is 1. The zero-order valence-electron chi connectivity index (χ0n) is 24.2. The number of aliphatic carboxylic acids is 1. The number of piperidine rings is 1. The molecule has 0 aromatic heterocycles. The molecule has 1 saturated heterocycles. The largest absolute Gasteiger partial charge is 0.481 e. The molecule has 39 heavy (non-hydrogen) atoms. The van der Waals surface area contributed by atoms with E-state index in [0.29, 0.717) is 12.0 Å². The predicted molar refractivity (Wildman–Crippen MR) is 157 cm³/mol. The zero-order chi connectivity index (χ0) is 27.0. The number of hydrogen-bond donors (Lipinski definition) is 1. The highest BCUT2D eigenvalue weighted by molar-refractivity contribution is 5.94. The summed E-state index contributed by atoms with van der Waals surface area (Å²) < 4.78 is 0. The maximum Gasteiger partial charge on any atom is 0.303 e. The van der Waals surface area contributed by atoms with Crippen molar-refractivity contribution < 1.29 is 14.7 Å². The van der Waals surface area contributed by atoms with E-state index in [1.807, 2.05) is 4.90 Å². The molecule has 1 amide bonds. The molecule has 4 aliphatic rings. The fourth-order valence-corrected chi connectivity index (χ4v) is 8.37. The van der Waals surface area contributed by atoms with Gasteiger partial charge in [0.25, 0.3) is 5.91 Å². The van der Waals surface area contributed by atoms with E-state index in [2.05, 4.69) is 29.2 Å². The molecule has 0 bridgehead atoms. The van der Waals surface area contributed by atoms with Crippen molar-refractivity contribution in [1.82, 2.24) is 9.80 Å². The SMILES string of the molecule is O=C(O)CC1CCC(N(CC2CCCCC2)CC2CCCCC2)C(c2ccc(C(=O)N3CCCCC3)cc2)C1. The lowest BCUT2D eigenvalue weighted by Gasteiger charge is -2.46. The molecule has 5 heteroatoms. The fourth-order valence-electron chi connectivity index (χ4n) is 8.37. The summed E-state index contributed by atoms with van der Waals surface area (Å²) >= 11 is 0. The first-order valence-electron chi connectivity index (χ1n) is 16.4. The van der Waals surface area contributed by atoms with Crippen LogP contribution < -0.4 is 0 Å². The molecule has 3 unspecified atom stereocenters. The Balaban J connectivity index is 1.36. The Bertz CT molecular complexity index is 893. The summed E-state index contributed by atoms with van der Waals surface area (Å²) in [6.07, 6.45) is 20.5. The van der Waals surface area contributed by atoms with Crippen LogP contribution >= 0.6 is 0 Å². The van der Waals surface area contributed by atoms with Crippen molar-refractivity contribution in [3.05, 3.63) is 35.4 Å². The Labute approximate surface area is 236 Å². The minimum atomic E-state index is -0.666. The molecule has 5 nitrogen and oxygen atoms in total. The van der Waals surface area contributed by atoms with Gasteiger partial charge in [-0.1, -0.05) is 50.7 Å². The van der Waals surface area contributed by atoms with Crippen LogP contribution in [0.2, 0.25) is 0 Å². The number of nitrogens with zero attached hydrogens (tertiary/aromatic N) is 2. The summed E-state index contributed by atoms with van der Waals surface area (Å²) in [5.74, 6) is 1.70. The van der Waals surface area contributed by atoms with E-state index in [1.54, 1.807) is 0 Å². The first-order valence-corrected chi connectivity index (χ1v) is 16.4. The maximum atomic E-state index is 13.1. The summed E-state index contributed by atoms with van der Waals surface area (Å²) in [6, 6.07) is 8.99. The number of benzene rings is 1. The molecule has 3 atom stereocenters. The van der Waals surface area contributed by atoms with E-state index in [0.717, 1.165) is 62.6 Å². The molecule has 4 fully saturated rings. The molecule has 216 valence electrons. The molecule has 3 aliphatic carbocycles. The summed E-state index contributed by atoms with van der Waals surface area (Å²) in [5.41, 5.74) is 2.11. The third-order valence-electron chi connectivity index (χ3n) is 10.5. The number of hydrogen-bond acceptors (Lipinski definition) is 3. The van der Waals surface area contributed by atoms with E-state index in [9.17, 15) is 14.7 Å². The van der Waals surface area contributed by atoms with Crippen LogP contribution in [0.1, 0.15) is 131 Å². The number of rotatable bonds is 9. The van der Waals surface area contributed by atoms with Crippen LogP contribution in [0.25, 0.3) is 0 Å². The Kier molecular flexibility index (Phi) is 10.4. The van der Waals surface area contributed by atoms with Gasteiger partial charge in [0, 0.05) is 44.2 Å². The molecule has 0 radical (unpaired) electrons. The molecule has 1 aromatic carbocycles. The second-order valence-corrected chi connectivity index (χ2v) is 13.4. The van der Waals surface area contributed by atoms with Gasteiger partial charge in [-0.15, -0.1) is 0 Å². The molecule has 0 spiro atoms. The third-order valence-corrected chi connectivity index (χ3v) is 10.5. The van der Waals surface area contributed by atoms with Gasteiger partial charge in [0.1, 0.15) is 0 Å². The Morgan fingerprint density at radius 2 is 1.28 bits per heavy atom. The summed E-state index contributed by atoms with van der Waals surface area (Å²) in [7, 11) is 0. The average Bonchev–Trinajstić information content (AvgIpc) is 2.98. The van der Waals surface area contributed by atoms with Gasteiger partial charge in [-0.3, -0.25) is 14.5 Å². The van der Waals surface area contributed by atoms with Crippen LogP contribution in [0.15, 0.2) is 24.3 Å². The number of carbonyl (C=O) groups is 2. The number of amides is 1. The Morgan fingerprint density at radius 3 is 1.85 bits per heavy atom. The summed E-state index contributed by atoms with van der Waals surface area (Å²) in [4.78, 5) is 29.7. The molecule has 1 N–H and O–H groups in total. The normalized spacial score (nSPS) is 27.5. The number of likely N-dealkylation sites (tertiary alicyclic amines) is 1. The Hall–Kier alpha value is -1.88. The molecule has 5 rings (SSSR count). The summed E-state index contributed by atoms with van der Waals surface area (Å²) in [6.45, 7) is 4.18. The van der Waals surface area contributed by atoms with E-state index in [1.165, 1.54) is 89.3 Å². The lowest BCUT2D eigenvalue weighted by Crippen LogP contribution is -2.47. The van der Waals surface area contributed by atoms with Crippen LogP contribution in [0, 0.1) is 17.8 Å². The smallest absolute Gasteiger partial charge is 0.303 e. The second kappa shape index (κ2) is 14.1. The van der Waals surface area contributed by atoms with Gasteiger partial charge in [-0.05, 0) is 106 Å². The zero-order valence-corrected chi connectivity index (χ0v) is 24.2. The van der Waals surface area contributed by atoms with Gasteiger partial charge in [-0.25, -0.2) is 0 Å². The summed E-state index contributed by atoms with van der Waals surface area (Å²) in [5, 5.41) is 9.60. The monoisotopic (exact) mass is 536 g/mol. The van der Waals surface area contributed by atoms with Crippen LogP contribution in [0.4, 0.5) is 0 Å². The first kappa shape index (κ1) is 28.6. The van der Waals surface area contributed by atoms with Crippen LogP contribution in [-0.4, -0.2) is 59.0 Å². The minimum absolute atomic E-state index is 0.168. The highest BCUT2D eigenvalue weighted by Gasteiger charge is 2.37. The van der Waals surface area contributed by atoms with Crippen molar-refractivity contribution in [2.75, 3.05) is 26.2 Å².